The SMILES string of the molecule is C1=CC2[CH-]C3CCCCC3C2C=C1.C=C(C)C(=C)C.Pc1ccccc1.[CH3-].[CH3-].[SiH4].[Ti+3]. The number of rotatable bonds is 1. The molecule has 3 aliphatic rings. The van der Waals surface area contributed by atoms with E-state index in [4.69, 9.17) is 0 Å². The number of hydrogen-bond acceptors (Lipinski definition) is 0. The van der Waals surface area contributed by atoms with Gasteiger partial charge in [0, 0.05) is 0 Å². The predicted molar refractivity (Wildman–Crippen MR) is 145 cm³/mol. The van der Waals surface area contributed by atoms with Crippen molar-refractivity contribution in [2.45, 2.75) is 39.5 Å². The van der Waals surface area contributed by atoms with Crippen LogP contribution in [0.15, 0.2) is 78.9 Å². The van der Waals surface area contributed by atoms with E-state index in [9.17, 15) is 0 Å². The molecule has 4 rings (SSSR count). The third kappa shape index (κ3) is 11.2. The van der Waals surface area contributed by atoms with Crippen LogP contribution in [0.1, 0.15) is 39.5 Å². The third-order valence-corrected chi connectivity index (χ3v) is 5.97. The first kappa shape index (κ1) is 34.2. The molecule has 0 heterocycles. The van der Waals surface area contributed by atoms with Crippen molar-refractivity contribution >= 4 is 25.5 Å². The summed E-state index contributed by atoms with van der Waals surface area (Å²) in [6.45, 7) is 11.2. The molecule has 0 amide bonds. The third-order valence-electron chi connectivity index (χ3n) is 5.59. The topological polar surface area (TPSA) is 0 Å². The van der Waals surface area contributed by atoms with E-state index in [-0.39, 0.29) is 47.5 Å². The molecular formula is C27H44PSiTi. The quantitative estimate of drug-likeness (QED) is 0.198. The second-order valence-corrected chi connectivity index (χ2v) is 8.37. The van der Waals surface area contributed by atoms with E-state index in [1.54, 1.807) is 0 Å². The molecule has 5 atom stereocenters. The van der Waals surface area contributed by atoms with E-state index < -0.39 is 0 Å². The van der Waals surface area contributed by atoms with Gasteiger partial charge in [-0.25, -0.2) is 0 Å². The van der Waals surface area contributed by atoms with Gasteiger partial charge in [-0.3, -0.25) is 0 Å². The number of fused-ring (bicyclic) bond motifs is 3. The molecule has 0 bridgehead atoms. The van der Waals surface area contributed by atoms with Gasteiger partial charge in [-0.05, 0) is 36.0 Å². The van der Waals surface area contributed by atoms with Crippen molar-refractivity contribution in [3.63, 3.8) is 0 Å². The van der Waals surface area contributed by atoms with Gasteiger partial charge in [0.2, 0.25) is 0 Å². The van der Waals surface area contributed by atoms with Crippen LogP contribution in [-0.2, 0) is 21.7 Å². The molecule has 2 saturated carbocycles. The standard InChI is InChI=1S/C13H17.C6H7P.C6H10.2CH3.H4Si.Ti/c1-3-7-12-10(5-1)9-11-6-2-4-8-13(11)12;7-6-4-2-1-3-5-6;1-5(2)6(3)4;;;;/h1,3,5,7,9-13H,2,4,6,8H2;1-5H,7H2;1,3H2,2,4H3;2*1H3;1H4;/q-1;;;2*-1;;+3. The molecule has 30 heavy (non-hydrogen) atoms. The maximum atomic E-state index is 3.66. The van der Waals surface area contributed by atoms with E-state index in [2.05, 4.69) is 53.1 Å². The van der Waals surface area contributed by atoms with Crippen LogP contribution in [0.2, 0.25) is 0 Å². The zero-order chi connectivity index (χ0) is 18.9. The summed E-state index contributed by atoms with van der Waals surface area (Å²) in [6, 6.07) is 10.1. The van der Waals surface area contributed by atoms with Crippen LogP contribution in [-0.4, -0.2) is 11.0 Å². The first-order chi connectivity index (χ1) is 12.5. The van der Waals surface area contributed by atoms with Crippen molar-refractivity contribution in [3.8, 4) is 0 Å². The second-order valence-electron chi connectivity index (χ2n) is 7.70. The van der Waals surface area contributed by atoms with E-state index in [0.29, 0.717) is 0 Å². The molecule has 0 saturated heterocycles. The molecule has 2 fully saturated rings. The fourth-order valence-electron chi connectivity index (χ4n) is 3.91. The number of hydrogen-bond donors (Lipinski definition) is 0. The smallest absolute Gasteiger partial charge is 0.358 e. The van der Waals surface area contributed by atoms with Gasteiger partial charge < -0.3 is 21.3 Å². The summed E-state index contributed by atoms with van der Waals surface area (Å²) in [5.41, 5.74) is 2.13. The summed E-state index contributed by atoms with van der Waals surface area (Å²) >= 11 is 0. The molecule has 0 aromatic heterocycles. The Hall–Kier alpha value is -0.459. The maximum Gasteiger partial charge on any atom is 3.00 e. The van der Waals surface area contributed by atoms with Crippen molar-refractivity contribution in [1.29, 1.82) is 0 Å². The van der Waals surface area contributed by atoms with E-state index in [0.717, 1.165) is 34.8 Å². The van der Waals surface area contributed by atoms with E-state index in [1.807, 2.05) is 44.2 Å². The first-order valence-corrected chi connectivity index (χ1v) is 10.4. The minimum Gasteiger partial charge on any atom is -0.358 e. The molecule has 1 radical (unpaired) electrons. The molecule has 3 aliphatic carbocycles. The monoisotopic (exact) mass is 475 g/mol. The molecule has 0 N–H and O–H groups in total. The Morgan fingerprint density at radius 1 is 0.933 bits per heavy atom. The molecule has 3 heteroatoms. The minimum absolute atomic E-state index is 0. The molecule has 5 unspecified atom stereocenters. The van der Waals surface area contributed by atoms with Crippen LogP contribution in [0.25, 0.3) is 0 Å². The first-order valence-electron chi connectivity index (χ1n) is 9.81. The van der Waals surface area contributed by atoms with Crippen LogP contribution in [0, 0.1) is 44.9 Å². The summed E-state index contributed by atoms with van der Waals surface area (Å²) < 4.78 is 0. The van der Waals surface area contributed by atoms with Crippen molar-refractivity contribution in [1.82, 2.24) is 0 Å². The zero-order valence-electron chi connectivity index (χ0n) is 18.9. The van der Waals surface area contributed by atoms with Gasteiger partial charge in [0.1, 0.15) is 0 Å². The zero-order valence-corrected chi connectivity index (χ0v) is 21.6. The maximum absolute atomic E-state index is 3.66. The summed E-state index contributed by atoms with van der Waals surface area (Å²) in [5.74, 6) is 3.56. The Morgan fingerprint density at radius 3 is 1.97 bits per heavy atom. The van der Waals surface area contributed by atoms with Crippen molar-refractivity contribution in [3.05, 3.63) is 100 Å². The largest absolute Gasteiger partial charge is 3.00 e. The Kier molecular flexibility index (Phi) is 20.7. The average Bonchev–Trinajstić information content (AvgIpc) is 3.02. The van der Waals surface area contributed by atoms with Crippen LogP contribution >= 0.6 is 9.24 Å². The fraction of sp³-hybridized carbons (Fsp3) is 0.370. The van der Waals surface area contributed by atoms with Gasteiger partial charge in [0.15, 0.2) is 0 Å². The Balaban J connectivity index is -0.000000377. The van der Waals surface area contributed by atoms with Gasteiger partial charge in [0.25, 0.3) is 0 Å². The van der Waals surface area contributed by atoms with E-state index in [1.165, 1.54) is 31.0 Å². The average molecular weight is 476 g/mol. The summed E-state index contributed by atoms with van der Waals surface area (Å²) in [4.78, 5) is 0. The van der Waals surface area contributed by atoms with Gasteiger partial charge in [-0.1, -0.05) is 104 Å². The summed E-state index contributed by atoms with van der Waals surface area (Å²) in [7, 11) is 2.63. The van der Waals surface area contributed by atoms with Crippen molar-refractivity contribution in [2.24, 2.45) is 23.7 Å². The van der Waals surface area contributed by atoms with Crippen LogP contribution in [0.4, 0.5) is 0 Å². The molecular weight excluding hydrogens is 431 g/mol. The molecule has 0 nitrogen and oxygen atoms in total. The predicted octanol–water partition coefficient (Wildman–Crippen LogP) is 6.14. The van der Waals surface area contributed by atoms with E-state index >= 15 is 0 Å². The molecule has 1 aromatic rings. The van der Waals surface area contributed by atoms with Crippen molar-refractivity contribution < 1.29 is 21.7 Å². The van der Waals surface area contributed by atoms with Gasteiger partial charge in [-0.15, -0.1) is 21.2 Å². The van der Waals surface area contributed by atoms with Crippen LogP contribution in [0.5, 0.6) is 0 Å². The van der Waals surface area contributed by atoms with Crippen LogP contribution in [0.3, 0.4) is 0 Å². The molecule has 1 aromatic carbocycles. The molecule has 165 valence electrons. The number of benzene rings is 1. The number of allylic oxidation sites excluding steroid dienone is 6. The Bertz CT molecular complexity index is 638. The summed E-state index contributed by atoms with van der Waals surface area (Å²) in [6.07, 6.45) is 17.8. The Morgan fingerprint density at radius 2 is 1.47 bits per heavy atom. The summed E-state index contributed by atoms with van der Waals surface area (Å²) in [5, 5.41) is 1.24. The normalized spacial score (nSPS) is 24.1. The van der Waals surface area contributed by atoms with Gasteiger partial charge >= 0.3 is 21.7 Å². The van der Waals surface area contributed by atoms with Gasteiger partial charge in [0.05, 0.1) is 0 Å². The fourth-order valence-corrected chi connectivity index (χ4v) is 4.13. The van der Waals surface area contributed by atoms with Gasteiger partial charge in [-0.2, -0.15) is 5.92 Å². The van der Waals surface area contributed by atoms with Crippen LogP contribution < -0.4 is 5.30 Å². The molecule has 0 spiro atoms. The second kappa shape index (κ2) is 18.1. The Labute approximate surface area is 209 Å². The molecule has 0 aliphatic heterocycles. The van der Waals surface area contributed by atoms with Crippen molar-refractivity contribution in [2.75, 3.05) is 0 Å². The minimum atomic E-state index is 0.